The van der Waals surface area contributed by atoms with E-state index in [2.05, 4.69) is 0 Å². The fourth-order valence-electron chi connectivity index (χ4n) is 1.86. The van der Waals surface area contributed by atoms with Crippen LogP contribution in [0, 0.1) is 0 Å². The molecule has 0 aliphatic heterocycles. The van der Waals surface area contributed by atoms with Crippen molar-refractivity contribution < 1.29 is 0 Å². The van der Waals surface area contributed by atoms with Crippen LogP contribution in [-0.2, 0) is 0 Å². The second-order valence-corrected chi connectivity index (χ2v) is 6.16. The average Bonchev–Trinajstić information content (AvgIpc) is 2.30. The first kappa shape index (κ1) is 12.8. The lowest BCUT2D eigenvalue weighted by molar-refractivity contribution is 0.839. The average molecular weight is 286 g/mol. The van der Waals surface area contributed by atoms with Gasteiger partial charge in [-0.1, -0.05) is 95.5 Å². The molecule has 3 heteroatoms. The summed E-state index contributed by atoms with van der Waals surface area (Å²) >= 11 is 18.3. The fraction of sp³-hybridized carbons (Fsp3) is 0.143. The van der Waals surface area contributed by atoms with Crippen molar-refractivity contribution >= 4 is 34.8 Å². The monoisotopic (exact) mass is 284 g/mol. The predicted molar refractivity (Wildman–Crippen MR) is 75.0 cm³/mol. The third-order valence-corrected chi connectivity index (χ3v) is 3.25. The normalized spacial score (nSPS) is 11.8. The van der Waals surface area contributed by atoms with Crippen molar-refractivity contribution in [1.82, 2.24) is 0 Å². The topological polar surface area (TPSA) is 0 Å². The van der Waals surface area contributed by atoms with Gasteiger partial charge in [-0.15, -0.1) is 0 Å². The van der Waals surface area contributed by atoms with Crippen molar-refractivity contribution in [2.45, 2.75) is 9.71 Å². The molecule has 0 heterocycles. The van der Waals surface area contributed by atoms with Gasteiger partial charge in [0.2, 0.25) is 3.79 Å². The van der Waals surface area contributed by atoms with Crippen LogP contribution in [0.5, 0.6) is 0 Å². The first-order valence-electron chi connectivity index (χ1n) is 5.25. The highest BCUT2D eigenvalue weighted by Gasteiger charge is 2.34. The highest BCUT2D eigenvalue weighted by atomic mass is 35.6. The molecule has 2 aromatic carbocycles. The van der Waals surface area contributed by atoms with Crippen LogP contribution >= 0.6 is 34.8 Å². The number of benzene rings is 2. The van der Waals surface area contributed by atoms with E-state index in [0.717, 1.165) is 11.1 Å². The van der Waals surface area contributed by atoms with Gasteiger partial charge in [-0.3, -0.25) is 0 Å². The Balaban J connectivity index is 2.48. The number of rotatable bonds is 2. The van der Waals surface area contributed by atoms with E-state index < -0.39 is 3.79 Å². The molecule has 0 nitrogen and oxygen atoms in total. The lowest BCUT2D eigenvalue weighted by Crippen LogP contribution is -2.18. The minimum atomic E-state index is -1.36. The summed E-state index contributed by atoms with van der Waals surface area (Å²) in [6.45, 7) is 0. The van der Waals surface area contributed by atoms with Gasteiger partial charge in [0.05, 0.1) is 5.92 Å². The lowest BCUT2D eigenvalue weighted by Gasteiger charge is -2.25. The Morgan fingerprint density at radius 1 is 0.647 bits per heavy atom. The highest BCUT2D eigenvalue weighted by molar-refractivity contribution is 6.68. The number of alkyl halides is 3. The molecule has 0 fully saturated rings. The van der Waals surface area contributed by atoms with E-state index in [4.69, 9.17) is 34.8 Å². The summed E-state index contributed by atoms with van der Waals surface area (Å²) in [5.74, 6) is -0.255. The Hall–Kier alpha value is -0.690. The van der Waals surface area contributed by atoms with Crippen molar-refractivity contribution in [2.75, 3.05) is 0 Å². The highest BCUT2D eigenvalue weighted by Crippen LogP contribution is 2.45. The Morgan fingerprint density at radius 3 is 1.29 bits per heavy atom. The quantitative estimate of drug-likeness (QED) is 0.666. The Kier molecular flexibility index (Phi) is 3.98. The van der Waals surface area contributed by atoms with Crippen LogP contribution in [0.1, 0.15) is 17.0 Å². The minimum absolute atomic E-state index is 0.255. The fourth-order valence-corrected chi connectivity index (χ4v) is 2.62. The Labute approximate surface area is 116 Å². The Morgan fingerprint density at radius 2 is 1.00 bits per heavy atom. The van der Waals surface area contributed by atoms with Gasteiger partial charge in [0.1, 0.15) is 0 Å². The molecule has 88 valence electrons. The second-order valence-electron chi connectivity index (χ2n) is 3.80. The molecule has 0 aromatic heterocycles. The van der Waals surface area contributed by atoms with Crippen LogP contribution in [0.2, 0.25) is 0 Å². The van der Waals surface area contributed by atoms with Gasteiger partial charge in [0.25, 0.3) is 0 Å². The van der Waals surface area contributed by atoms with Crippen LogP contribution < -0.4 is 0 Å². The maximum absolute atomic E-state index is 6.10. The first-order valence-corrected chi connectivity index (χ1v) is 6.39. The second kappa shape index (κ2) is 5.30. The van der Waals surface area contributed by atoms with Gasteiger partial charge in [0, 0.05) is 0 Å². The van der Waals surface area contributed by atoms with Crippen LogP contribution in [0.3, 0.4) is 0 Å². The summed E-state index contributed by atoms with van der Waals surface area (Å²) in [7, 11) is 0. The first-order chi connectivity index (χ1) is 8.09. The van der Waals surface area contributed by atoms with Gasteiger partial charge in [-0.05, 0) is 11.1 Å². The molecule has 0 N–H and O–H groups in total. The predicted octanol–water partition coefficient (Wildman–Crippen LogP) is 5.19. The van der Waals surface area contributed by atoms with Crippen molar-refractivity contribution in [2.24, 2.45) is 0 Å². The van der Waals surface area contributed by atoms with Gasteiger partial charge < -0.3 is 0 Å². The lowest BCUT2D eigenvalue weighted by atomic mass is 9.93. The third-order valence-electron chi connectivity index (χ3n) is 2.59. The molecule has 2 aromatic rings. The molecular formula is C14H11Cl3. The molecule has 0 atom stereocenters. The summed E-state index contributed by atoms with van der Waals surface area (Å²) in [6, 6.07) is 19.6. The zero-order valence-electron chi connectivity index (χ0n) is 8.98. The van der Waals surface area contributed by atoms with Crippen LogP contribution in [0.15, 0.2) is 60.7 Å². The molecule has 0 aliphatic carbocycles. The Bertz CT molecular complexity index is 420. The van der Waals surface area contributed by atoms with Gasteiger partial charge >= 0.3 is 0 Å². The SMILES string of the molecule is ClC(Cl)(Cl)C(c1ccccc1)c1ccccc1. The van der Waals surface area contributed by atoms with E-state index in [-0.39, 0.29) is 5.92 Å². The van der Waals surface area contributed by atoms with Crippen LogP contribution in [0.4, 0.5) is 0 Å². The summed E-state index contributed by atoms with van der Waals surface area (Å²) in [4.78, 5) is 0. The smallest absolute Gasteiger partial charge is 0.0826 e. The molecule has 0 spiro atoms. The molecular weight excluding hydrogens is 275 g/mol. The van der Waals surface area contributed by atoms with E-state index >= 15 is 0 Å². The summed E-state index contributed by atoms with van der Waals surface area (Å²) in [5, 5.41) is 0. The molecule has 0 unspecified atom stereocenters. The molecule has 0 amide bonds. The van der Waals surface area contributed by atoms with Crippen LogP contribution in [0.25, 0.3) is 0 Å². The van der Waals surface area contributed by atoms with Crippen molar-refractivity contribution in [3.63, 3.8) is 0 Å². The van der Waals surface area contributed by atoms with Crippen molar-refractivity contribution in [3.05, 3.63) is 71.8 Å². The van der Waals surface area contributed by atoms with E-state index in [1.807, 2.05) is 60.7 Å². The van der Waals surface area contributed by atoms with Crippen LogP contribution in [-0.4, -0.2) is 3.79 Å². The molecule has 0 saturated heterocycles. The van der Waals surface area contributed by atoms with Crippen molar-refractivity contribution in [3.8, 4) is 0 Å². The summed E-state index contributed by atoms with van der Waals surface area (Å²) in [6.07, 6.45) is 0. The number of halogens is 3. The molecule has 0 bridgehead atoms. The zero-order chi connectivity index (χ0) is 12.3. The number of hydrogen-bond acceptors (Lipinski definition) is 0. The van der Waals surface area contributed by atoms with Crippen molar-refractivity contribution in [1.29, 1.82) is 0 Å². The van der Waals surface area contributed by atoms with E-state index in [9.17, 15) is 0 Å². The van der Waals surface area contributed by atoms with E-state index in [1.165, 1.54) is 0 Å². The molecule has 2 rings (SSSR count). The molecule has 0 radical (unpaired) electrons. The third kappa shape index (κ3) is 3.16. The molecule has 0 aliphatic rings. The van der Waals surface area contributed by atoms with E-state index in [1.54, 1.807) is 0 Å². The summed E-state index contributed by atoms with van der Waals surface area (Å²) in [5.41, 5.74) is 2.00. The standard InChI is InChI=1S/C14H11Cl3/c15-14(16,17)13(11-7-3-1-4-8-11)12-9-5-2-6-10-12/h1-10,13H. The van der Waals surface area contributed by atoms with Gasteiger partial charge in [-0.2, -0.15) is 0 Å². The number of hydrogen-bond donors (Lipinski definition) is 0. The maximum atomic E-state index is 6.10. The van der Waals surface area contributed by atoms with Gasteiger partial charge in [0.15, 0.2) is 0 Å². The molecule has 17 heavy (non-hydrogen) atoms. The van der Waals surface area contributed by atoms with Gasteiger partial charge in [-0.25, -0.2) is 0 Å². The largest absolute Gasteiger partial charge is 0.201 e. The minimum Gasteiger partial charge on any atom is -0.0826 e. The summed E-state index contributed by atoms with van der Waals surface area (Å²) < 4.78 is -1.36. The maximum Gasteiger partial charge on any atom is 0.201 e. The molecule has 0 saturated carbocycles. The zero-order valence-corrected chi connectivity index (χ0v) is 11.3. The van der Waals surface area contributed by atoms with E-state index in [0.29, 0.717) is 0 Å².